The van der Waals surface area contributed by atoms with Crippen molar-refractivity contribution in [3.63, 3.8) is 0 Å². The number of rotatable bonds is 10. The number of hydrogen-bond acceptors (Lipinski definition) is 5. The first kappa shape index (κ1) is 29.0. The number of nitrogens with zero attached hydrogens (tertiary/aromatic N) is 1. The molecule has 0 aliphatic rings. The van der Waals surface area contributed by atoms with Crippen LogP contribution in [0.3, 0.4) is 0 Å². The van der Waals surface area contributed by atoms with E-state index in [1.165, 1.54) is 18.2 Å². The van der Waals surface area contributed by atoms with Crippen LogP contribution >= 0.6 is 11.6 Å². The Morgan fingerprint density at radius 1 is 1.02 bits per heavy atom. The minimum atomic E-state index is -4.62. The van der Waals surface area contributed by atoms with Gasteiger partial charge in [-0.1, -0.05) is 36.7 Å². The lowest BCUT2D eigenvalue weighted by Crippen LogP contribution is -2.28. The number of ether oxygens (including phenoxy) is 2. The number of esters is 1. The van der Waals surface area contributed by atoms with Gasteiger partial charge in [0, 0.05) is 33.9 Å². The number of carbonyl (C=O) groups is 2. The minimum absolute atomic E-state index is 0.151. The van der Waals surface area contributed by atoms with Gasteiger partial charge in [0.2, 0.25) is 0 Å². The Balaban J connectivity index is 1.76. The molecule has 0 radical (unpaired) electrons. The van der Waals surface area contributed by atoms with E-state index in [1.54, 1.807) is 66.2 Å². The number of ketones is 1. The Morgan fingerprint density at radius 3 is 2.40 bits per heavy atom. The van der Waals surface area contributed by atoms with E-state index in [4.69, 9.17) is 21.1 Å². The molecule has 6 nitrogen and oxygen atoms in total. The molecule has 0 bridgehead atoms. The molecule has 1 N–H and O–H groups in total. The molecule has 1 atom stereocenters. The molecule has 0 amide bonds. The molecule has 3 aromatic carbocycles. The molecule has 0 aliphatic heterocycles. The minimum Gasteiger partial charge on any atom is -0.479 e. The molecule has 210 valence electrons. The smallest absolute Gasteiger partial charge is 0.479 e. The number of fused-ring (bicyclic) bond motifs is 1. The van der Waals surface area contributed by atoms with Gasteiger partial charge in [0.1, 0.15) is 5.75 Å². The number of halogens is 4. The molecular weight excluding hydrogens is 545 g/mol. The van der Waals surface area contributed by atoms with Crippen LogP contribution in [-0.4, -0.2) is 35.3 Å². The van der Waals surface area contributed by atoms with Crippen LogP contribution in [0.1, 0.15) is 47.4 Å². The van der Waals surface area contributed by atoms with Crippen LogP contribution in [-0.2, 0) is 16.1 Å². The van der Waals surface area contributed by atoms with Crippen LogP contribution in [0.2, 0.25) is 5.02 Å². The number of hydrogen-bond donors (Lipinski definition) is 1. The average molecular weight is 573 g/mol. The zero-order valence-electron chi connectivity index (χ0n) is 22.1. The van der Waals surface area contributed by atoms with E-state index in [9.17, 15) is 22.8 Å². The average Bonchev–Trinajstić information content (AvgIpc) is 3.17. The summed E-state index contributed by atoms with van der Waals surface area (Å²) >= 11 is 5.99. The van der Waals surface area contributed by atoms with Gasteiger partial charge in [0.15, 0.2) is 11.9 Å². The third-order valence-corrected chi connectivity index (χ3v) is 6.63. The van der Waals surface area contributed by atoms with E-state index in [2.05, 4.69) is 0 Å². The fourth-order valence-electron chi connectivity index (χ4n) is 4.55. The van der Waals surface area contributed by atoms with Gasteiger partial charge in [-0.25, -0.2) is 4.79 Å². The molecule has 4 rings (SSSR count). The maximum atomic E-state index is 13.6. The lowest BCUT2D eigenvalue weighted by molar-refractivity contribution is -0.151. The van der Waals surface area contributed by atoms with Gasteiger partial charge in [-0.2, -0.15) is 13.2 Å². The second-order valence-electron chi connectivity index (χ2n) is 9.15. The van der Waals surface area contributed by atoms with Gasteiger partial charge in [0.25, 0.3) is 0 Å². The van der Waals surface area contributed by atoms with Crippen molar-refractivity contribution in [2.75, 3.05) is 11.9 Å². The highest BCUT2D eigenvalue weighted by atomic mass is 35.5. The topological polar surface area (TPSA) is 69.6 Å². The van der Waals surface area contributed by atoms with E-state index in [0.717, 1.165) is 5.56 Å². The fourth-order valence-corrected chi connectivity index (χ4v) is 4.68. The highest BCUT2D eigenvalue weighted by Gasteiger charge is 2.28. The lowest BCUT2D eigenvalue weighted by atomic mass is 10.0. The van der Waals surface area contributed by atoms with E-state index in [1.807, 2.05) is 13.0 Å². The molecule has 0 saturated heterocycles. The summed E-state index contributed by atoms with van der Waals surface area (Å²) in [4.78, 5) is 25.8. The van der Waals surface area contributed by atoms with Crippen LogP contribution in [0, 0.1) is 6.92 Å². The first-order valence-corrected chi connectivity index (χ1v) is 13.1. The summed E-state index contributed by atoms with van der Waals surface area (Å²) in [5.41, 5.74) is 2.44. The van der Waals surface area contributed by atoms with Crippen molar-refractivity contribution >= 4 is 39.9 Å². The van der Waals surface area contributed by atoms with Gasteiger partial charge in [-0.05, 0) is 74.4 Å². The third-order valence-electron chi connectivity index (χ3n) is 6.38. The van der Waals surface area contributed by atoms with Crippen molar-refractivity contribution < 1.29 is 32.2 Å². The Kier molecular flexibility index (Phi) is 8.73. The lowest BCUT2D eigenvalue weighted by Gasteiger charge is -2.17. The van der Waals surface area contributed by atoms with Crippen molar-refractivity contribution in [1.82, 2.24) is 4.57 Å². The molecule has 4 aromatic rings. The summed E-state index contributed by atoms with van der Waals surface area (Å²) in [5.74, 6) is -0.284. The van der Waals surface area contributed by atoms with E-state index >= 15 is 0 Å². The van der Waals surface area contributed by atoms with Crippen LogP contribution in [0.4, 0.5) is 18.9 Å². The molecule has 0 spiro atoms. The van der Waals surface area contributed by atoms with Gasteiger partial charge in [0.05, 0.1) is 17.7 Å². The monoisotopic (exact) mass is 572 g/mol. The summed E-state index contributed by atoms with van der Waals surface area (Å²) < 4.78 is 52.1. The van der Waals surface area contributed by atoms with Crippen molar-refractivity contribution in [1.29, 1.82) is 0 Å². The SMILES string of the molecule is CCOC(=O)[C@@H](CC)Oc1cccc(Cn2c(C)c(C(=O)c3ccc(Cl)cc3)c3ccc(NC(F)(F)F)cc32)c1. The highest BCUT2D eigenvalue weighted by Crippen LogP contribution is 2.33. The molecule has 1 heterocycles. The summed E-state index contributed by atoms with van der Waals surface area (Å²) in [6.07, 6.45) is -4.98. The molecule has 10 heteroatoms. The van der Waals surface area contributed by atoms with Crippen LogP contribution < -0.4 is 10.1 Å². The molecule has 0 unspecified atom stereocenters. The molecule has 0 aliphatic carbocycles. The molecule has 0 fully saturated rings. The Morgan fingerprint density at radius 2 is 1.75 bits per heavy atom. The maximum absolute atomic E-state index is 13.6. The summed E-state index contributed by atoms with van der Waals surface area (Å²) in [7, 11) is 0. The summed E-state index contributed by atoms with van der Waals surface area (Å²) in [6.45, 7) is 5.76. The Labute approximate surface area is 234 Å². The highest BCUT2D eigenvalue weighted by molar-refractivity contribution is 6.30. The zero-order valence-corrected chi connectivity index (χ0v) is 22.9. The van der Waals surface area contributed by atoms with Gasteiger partial charge in [-0.15, -0.1) is 0 Å². The Hall–Kier alpha value is -3.98. The largest absolute Gasteiger partial charge is 0.482 e. The first-order valence-electron chi connectivity index (χ1n) is 12.7. The Bertz CT molecular complexity index is 1530. The van der Waals surface area contributed by atoms with E-state index in [-0.39, 0.29) is 24.6 Å². The summed E-state index contributed by atoms with van der Waals surface area (Å²) in [6, 6.07) is 17.7. The van der Waals surface area contributed by atoms with Crippen molar-refractivity contribution in [2.24, 2.45) is 0 Å². The van der Waals surface area contributed by atoms with Crippen LogP contribution in [0.5, 0.6) is 5.75 Å². The molecule has 1 aromatic heterocycles. The van der Waals surface area contributed by atoms with Crippen molar-refractivity contribution in [2.45, 2.75) is 46.1 Å². The standard InChI is InChI=1S/C30H28ClF3N2O4/c1-4-26(29(38)39-5-2)40-23-8-6-7-19(15-23)17-36-18(3)27(28(37)20-9-11-21(31)12-10-20)24-14-13-22(16-25(24)36)35-30(32,33)34/h6-16,26,35H,4-5,17H2,1-3H3/t26-/m1/s1. The van der Waals surface area contributed by atoms with E-state index in [0.29, 0.717) is 44.9 Å². The number of carbonyl (C=O) groups excluding carboxylic acids is 2. The van der Waals surface area contributed by atoms with Gasteiger partial charge in [-0.3, -0.25) is 10.1 Å². The maximum Gasteiger partial charge on any atom is 0.482 e. The number of alkyl halides is 3. The molecular formula is C30H28ClF3N2O4. The second-order valence-corrected chi connectivity index (χ2v) is 9.59. The predicted molar refractivity (Wildman–Crippen MR) is 148 cm³/mol. The van der Waals surface area contributed by atoms with Crippen molar-refractivity contribution in [3.8, 4) is 5.75 Å². The normalized spacial score (nSPS) is 12.3. The van der Waals surface area contributed by atoms with E-state index < -0.39 is 18.4 Å². The predicted octanol–water partition coefficient (Wildman–Crippen LogP) is 7.53. The van der Waals surface area contributed by atoms with Gasteiger partial charge < -0.3 is 14.0 Å². The zero-order chi connectivity index (χ0) is 29.0. The van der Waals surface area contributed by atoms with Gasteiger partial charge >= 0.3 is 12.3 Å². The third kappa shape index (κ3) is 6.59. The second kappa shape index (κ2) is 12.0. The number of anilines is 1. The number of nitrogens with one attached hydrogen (secondary N) is 1. The quantitative estimate of drug-likeness (QED) is 0.121. The molecule has 40 heavy (non-hydrogen) atoms. The fraction of sp³-hybridized carbons (Fsp3) is 0.267. The number of benzene rings is 3. The number of aromatic nitrogens is 1. The molecule has 0 saturated carbocycles. The van der Waals surface area contributed by atoms with Crippen LogP contribution in [0.15, 0.2) is 66.7 Å². The van der Waals surface area contributed by atoms with Crippen molar-refractivity contribution in [3.05, 3.63) is 94.1 Å². The first-order chi connectivity index (χ1) is 19.0. The summed E-state index contributed by atoms with van der Waals surface area (Å²) in [5, 5.41) is 2.54. The van der Waals surface area contributed by atoms with Crippen LogP contribution in [0.25, 0.3) is 10.9 Å².